The zero-order valence-electron chi connectivity index (χ0n) is 18.7. The molecule has 3 aromatic carbocycles. The van der Waals surface area contributed by atoms with Crippen LogP contribution in [0.5, 0.6) is 5.75 Å². The van der Waals surface area contributed by atoms with Crippen LogP contribution in [-0.2, 0) is 11.2 Å². The summed E-state index contributed by atoms with van der Waals surface area (Å²) in [5.74, 6) is 0.261. The summed E-state index contributed by atoms with van der Waals surface area (Å²) in [4.78, 5) is 13.0. The van der Waals surface area contributed by atoms with E-state index in [0.717, 1.165) is 40.9 Å². The molecule has 0 radical (unpaired) electrons. The van der Waals surface area contributed by atoms with E-state index in [4.69, 9.17) is 33.0 Å². The van der Waals surface area contributed by atoms with Crippen LogP contribution in [0, 0.1) is 0 Å². The number of benzene rings is 3. The predicted octanol–water partition coefficient (Wildman–Crippen LogP) is 6.54. The molecule has 0 fully saturated rings. The number of hydrogen-bond donors (Lipinski definition) is 1. The van der Waals surface area contributed by atoms with Gasteiger partial charge in [0.25, 0.3) is 0 Å². The summed E-state index contributed by atoms with van der Waals surface area (Å²) in [7, 11) is 2.10. The molecule has 3 rings (SSSR count). The van der Waals surface area contributed by atoms with Crippen LogP contribution >= 0.6 is 23.2 Å². The number of aliphatic carboxylic acids is 1. The van der Waals surface area contributed by atoms with Crippen LogP contribution in [0.2, 0.25) is 10.0 Å². The first-order valence-corrected chi connectivity index (χ1v) is 11.8. The van der Waals surface area contributed by atoms with Crippen molar-refractivity contribution in [2.24, 2.45) is 0 Å². The number of carboxylic acid groups (broad SMARTS) is 1. The Morgan fingerprint density at radius 3 is 1.94 bits per heavy atom. The number of likely N-dealkylation sites (N-methyl/N-ethyl adjacent to an activating group) is 1. The van der Waals surface area contributed by atoms with Crippen LogP contribution in [0.4, 0.5) is 0 Å². The Bertz CT molecular complexity index is 960. The summed E-state index contributed by atoms with van der Waals surface area (Å²) in [6.45, 7) is 2.29. The Morgan fingerprint density at radius 1 is 0.879 bits per heavy atom. The first-order valence-electron chi connectivity index (χ1n) is 11.0. The van der Waals surface area contributed by atoms with Crippen LogP contribution in [0.1, 0.15) is 35.4 Å². The fourth-order valence-corrected chi connectivity index (χ4v) is 3.95. The van der Waals surface area contributed by atoms with Gasteiger partial charge in [0.2, 0.25) is 0 Å². The van der Waals surface area contributed by atoms with Gasteiger partial charge in [0, 0.05) is 28.9 Å². The number of hydrogen-bond acceptors (Lipinski definition) is 3. The lowest BCUT2D eigenvalue weighted by molar-refractivity contribution is -0.136. The maximum atomic E-state index is 10.7. The maximum Gasteiger partial charge on any atom is 0.303 e. The molecule has 0 spiro atoms. The van der Waals surface area contributed by atoms with Crippen molar-refractivity contribution in [1.29, 1.82) is 0 Å². The summed E-state index contributed by atoms with van der Waals surface area (Å²) in [6, 6.07) is 23.7. The van der Waals surface area contributed by atoms with Crippen molar-refractivity contribution in [2.45, 2.75) is 25.2 Å². The van der Waals surface area contributed by atoms with Crippen molar-refractivity contribution in [3.8, 4) is 5.75 Å². The zero-order valence-corrected chi connectivity index (χ0v) is 20.2. The molecule has 0 aromatic heterocycles. The average Bonchev–Trinajstić information content (AvgIpc) is 2.81. The second-order valence-electron chi connectivity index (χ2n) is 8.13. The van der Waals surface area contributed by atoms with E-state index in [0.29, 0.717) is 13.0 Å². The summed E-state index contributed by atoms with van der Waals surface area (Å²) in [5.41, 5.74) is 3.46. The van der Waals surface area contributed by atoms with Crippen LogP contribution in [0.3, 0.4) is 0 Å². The summed E-state index contributed by atoms with van der Waals surface area (Å²) in [6.07, 6.45) is 1.62. The molecular weight excluding hydrogens is 457 g/mol. The van der Waals surface area contributed by atoms with Gasteiger partial charge in [0.15, 0.2) is 0 Å². The highest BCUT2D eigenvalue weighted by atomic mass is 35.5. The zero-order chi connectivity index (χ0) is 23.6. The van der Waals surface area contributed by atoms with E-state index < -0.39 is 5.97 Å². The van der Waals surface area contributed by atoms with E-state index in [9.17, 15) is 4.79 Å². The van der Waals surface area contributed by atoms with E-state index >= 15 is 0 Å². The normalized spacial score (nSPS) is 11.2. The molecule has 0 unspecified atom stereocenters. The number of carbonyl (C=O) groups is 1. The van der Waals surface area contributed by atoms with Crippen molar-refractivity contribution >= 4 is 29.2 Å². The minimum Gasteiger partial charge on any atom is -0.492 e. The van der Waals surface area contributed by atoms with Gasteiger partial charge in [-0.1, -0.05) is 59.6 Å². The standard InChI is InChI=1S/C27H29Cl2NO3/c1-30(18-19-33-25-13-2-20(3-14-25)4-15-27(31)32)17-16-26(21-5-9-23(28)10-6-21)22-7-11-24(29)12-8-22/h2-3,5-14,26H,4,15-19H2,1H3,(H,31,32). The summed E-state index contributed by atoms with van der Waals surface area (Å²) in [5, 5.41) is 10.3. The number of aryl methyl sites for hydroxylation is 1. The number of ether oxygens (including phenoxy) is 1. The first-order chi connectivity index (χ1) is 15.9. The molecule has 0 amide bonds. The van der Waals surface area contributed by atoms with Crippen molar-refractivity contribution in [1.82, 2.24) is 4.90 Å². The van der Waals surface area contributed by atoms with E-state index in [2.05, 4.69) is 36.2 Å². The van der Waals surface area contributed by atoms with Gasteiger partial charge in [-0.2, -0.15) is 0 Å². The van der Waals surface area contributed by atoms with E-state index in [1.165, 1.54) is 11.1 Å². The molecule has 0 saturated carbocycles. The van der Waals surface area contributed by atoms with Crippen LogP contribution in [0.15, 0.2) is 72.8 Å². The number of rotatable bonds is 12. The smallest absolute Gasteiger partial charge is 0.303 e. The van der Waals surface area contributed by atoms with Crippen molar-refractivity contribution in [3.05, 3.63) is 99.5 Å². The minimum absolute atomic E-state index is 0.137. The van der Waals surface area contributed by atoms with Gasteiger partial charge in [-0.15, -0.1) is 0 Å². The molecule has 0 heterocycles. The Hall–Kier alpha value is -2.53. The van der Waals surface area contributed by atoms with Crippen molar-refractivity contribution < 1.29 is 14.6 Å². The monoisotopic (exact) mass is 485 g/mol. The van der Waals surface area contributed by atoms with Gasteiger partial charge in [0.1, 0.15) is 12.4 Å². The number of carboxylic acids is 1. The highest BCUT2D eigenvalue weighted by Gasteiger charge is 2.15. The second kappa shape index (κ2) is 12.6. The highest BCUT2D eigenvalue weighted by molar-refractivity contribution is 6.30. The van der Waals surface area contributed by atoms with E-state index in [-0.39, 0.29) is 12.3 Å². The molecule has 0 aliphatic carbocycles. The fourth-order valence-electron chi connectivity index (χ4n) is 3.70. The third-order valence-electron chi connectivity index (χ3n) is 5.64. The lowest BCUT2D eigenvalue weighted by Gasteiger charge is -2.23. The molecule has 6 heteroatoms. The molecule has 0 bridgehead atoms. The Labute approximate surface area is 205 Å². The van der Waals surface area contributed by atoms with Crippen molar-refractivity contribution in [2.75, 3.05) is 26.7 Å². The third kappa shape index (κ3) is 8.39. The Morgan fingerprint density at radius 2 is 1.42 bits per heavy atom. The predicted molar refractivity (Wildman–Crippen MR) is 135 cm³/mol. The topological polar surface area (TPSA) is 49.8 Å². The fraction of sp³-hybridized carbons (Fsp3) is 0.296. The molecular formula is C27H29Cl2NO3. The molecule has 0 aliphatic rings. The summed E-state index contributed by atoms with van der Waals surface area (Å²) >= 11 is 12.2. The van der Waals surface area contributed by atoms with Crippen LogP contribution in [0.25, 0.3) is 0 Å². The first kappa shape index (κ1) is 25.1. The molecule has 4 nitrogen and oxygen atoms in total. The maximum absolute atomic E-state index is 10.7. The lowest BCUT2D eigenvalue weighted by Crippen LogP contribution is -2.26. The largest absolute Gasteiger partial charge is 0.492 e. The molecule has 174 valence electrons. The molecule has 0 aliphatic heterocycles. The second-order valence-corrected chi connectivity index (χ2v) is 9.01. The lowest BCUT2D eigenvalue weighted by atomic mass is 9.88. The van der Waals surface area contributed by atoms with Gasteiger partial charge in [-0.3, -0.25) is 4.79 Å². The van der Waals surface area contributed by atoms with Gasteiger partial charge < -0.3 is 14.7 Å². The molecule has 3 aromatic rings. The van der Waals surface area contributed by atoms with Crippen LogP contribution in [-0.4, -0.2) is 42.7 Å². The Balaban J connectivity index is 1.50. The minimum atomic E-state index is -0.785. The van der Waals surface area contributed by atoms with Crippen LogP contribution < -0.4 is 4.74 Å². The molecule has 1 N–H and O–H groups in total. The highest BCUT2D eigenvalue weighted by Crippen LogP contribution is 2.30. The van der Waals surface area contributed by atoms with Gasteiger partial charge in [0.05, 0.1) is 0 Å². The third-order valence-corrected chi connectivity index (χ3v) is 6.14. The van der Waals surface area contributed by atoms with Crippen molar-refractivity contribution in [3.63, 3.8) is 0 Å². The number of nitrogens with zero attached hydrogens (tertiary/aromatic N) is 1. The average molecular weight is 486 g/mol. The Kier molecular flexibility index (Phi) is 9.61. The number of halogens is 2. The molecule has 33 heavy (non-hydrogen) atoms. The molecule has 0 saturated heterocycles. The molecule has 0 atom stereocenters. The summed E-state index contributed by atoms with van der Waals surface area (Å²) < 4.78 is 5.87. The SMILES string of the molecule is CN(CCOc1ccc(CCC(=O)O)cc1)CCC(c1ccc(Cl)cc1)c1ccc(Cl)cc1. The van der Waals surface area contributed by atoms with Gasteiger partial charge in [-0.25, -0.2) is 0 Å². The van der Waals surface area contributed by atoms with E-state index in [1.807, 2.05) is 48.5 Å². The van der Waals surface area contributed by atoms with Gasteiger partial charge in [-0.05, 0) is 79.5 Å². The van der Waals surface area contributed by atoms with E-state index in [1.54, 1.807) is 0 Å². The van der Waals surface area contributed by atoms with Gasteiger partial charge >= 0.3 is 5.97 Å². The quantitative estimate of drug-likeness (QED) is 0.316.